The molecule has 1 aromatic heterocycles. The summed E-state index contributed by atoms with van der Waals surface area (Å²) >= 11 is 12.2. The van der Waals surface area contributed by atoms with Gasteiger partial charge in [-0.25, -0.2) is 9.38 Å². The van der Waals surface area contributed by atoms with E-state index in [1.165, 1.54) is 12.1 Å². The number of carbonyl (C=O) groups is 1. The number of ether oxygens (including phenoxy) is 1. The average molecular weight is 435 g/mol. The summed E-state index contributed by atoms with van der Waals surface area (Å²) in [5.41, 5.74) is 1.08. The maximum Gasteiger partial charge on any atom is 0.256 e. The normalized spacial score (nSPS) is 17.1. The molecule has 1 aliphatic rings. The Balaban J connectivity index is 1.78. The first-order valence-electron chi connectivity index (χ1n) is 9.12. The van der Waals surface area contributed by atoms with Gasteiger partial charge in [-0.3, -0.25) is 4.79 Å². The second kappa shape index (κ2) is 8.53. The van der Waals surface area contributed by atoms with Crippen LogP contribution in [-0.4, -0.2) is 25.2 Å². The molecule has 3 aromatic rings. The van der Waals surface area contributed by atoms with Gasteiger partial charge in [-0.1, -0.05) is 23.2 Å². The van der Waals surface area contributed by atoms with Crippen molar-refractivity contribution in [3.63, 3.8) is 0 Å². The summed E-state index contributed by atoms with van der Waals surface area (Å²) in [4.78, 5) is 17.2. The van der Waals surface area contributed by atoms with Gasteiger partial charge in [0.2, 0.25) is 5.55 Å². The van der Waals surface area contributed by atoms with Gasteiger partial charge in [-0.15, -0.1) is 0 Å². The van der Waals surface area contributed by atoms with Gasteiger partial charge in [0.15, 0.2) is 0 Å². The second-order valence-corrected chi connectivity index (χ2v) is 7.54. The van der Waals surface area contributed by atoms with E-state index in [2.05, 4.69) is 10.3 Å². The van der Waals surface area contributed by atoms with E-state index in [1.807, 2.05) is 0 Å². The minimum Gasteiger partial charge on any atom is -0.438 e. The number of nitrogens with zero attached hydrogens (tertiary/aromatic N) is 1. The predicted molar refractivity (Wildman–Crippen MR) is 109 cm³/mol. The molecule has 0 bridgehead atoms. The number of carbonyl (C=O) groups excluding carboxylic acids is 1. The van der Waals surface area contributed by atoms with E-state index in [0.29, 0.717) is 34.8 Å². The quantitative estimate of drug-likeness (QED) is 0.626. The van der Waals surface area contributed by atoms with Crippen LogP contribution < -0.4 is 10.9 Å². The molecule has 8 heteroatoms. The molecular formula is C21H17Cl2FN2O3. The summed E-state index contributed by atoms with van der Waals surface area (Å²) in [6.07, 6.45) is 1.88. The summed E-state index contributed by atoms with van der Waals surface area (Å²) < 4.78 is 24.8. The monoisotopic (exact) mass is 434 g/mol. The number of rotatable bonds is 4. The lowest BCUT2D eigenvalue weighted by Gasteiger charge is -2.11. The highest BCUT2D eigenvalue weighted by Gasteiger charge is 2.19. The number of nitrogens with one attached hydrogen (secondary N) is 1. The highest BCUT2D eigenvalue weighted by Crippen LogP contribution is 2.25. The van der Waals surface area contributed by atoms with E-state index in [1.54, 1.807) is 24.3 Å². The number of halogens is 3. The third-order valence-electron chi connectivity index (χ3n) is 4.60. The van der Waals surface area contributed by atoms with Crippen molar-refractivity contribution in [2.24, 2.45) is 4.99 Å². The minimum absolute atomic E-state index is 0.00211. The Hall–Kier alpha value is -2.41. The van der Waals surface area contributed by atoms with Crippen molar-refractivity contribution >= 4 is 45.8 Å². The zero-order valence-electron chi connectivity index (χ0n) is 15.3. The van der Waals surface area contributed by atoms with Gasteiger partial charge in [0, 0.05) is 23.6 Å². The van der Waals surface area contributed by atoms with Crippen molar-refractivity contribution in [1.29, 1.82) is 0 Å². The first-order chi connectivity index (χ1) is 14.0. The van der Waals surface area contributed by atoms with Crippen LogP contribution in [-0.2, 0) is 4.74 Å². The Morgan fingerprint density at radius 1 is 1.21 bits per heavy atom. The molecule has 1 N–H and O–H groups in total. The zero-order valence-corrected chi connectivity index (χ0v) is 16.8. The molecule has 1 atom stereocenters. The third kappa shape index (κ3) is 4.61. The van der Waals surface area contributed by atoms with Crippen molar-refractivity contribution < 1.29 is 18.3 Å². The summed E-state index contributed by atoms with van der Waals surface area (Å²) in [7, 11) is 0. The van der Waals surface area contributed by atoms with Gasteiger partial charge >= 0.3 is 0 Å². The van der Waals surface area contributed by atoms with E-state index >= 15 is 0 Å². The number of fused-ring (bicyclic) bond motifs is 1. The number of amides is 1. The van der Waals surface area contributed by atoms with Gasteiger partial charge in [0.1, 0.15) is 17.0 Å². The second-order valence-electron chi connectivity index (χ2n) is 6.70. The lowest BCUT2D eigenvalue weighted by molar-refractivity contribution is 0.0854. The largest absolute Gasteiger partial charge is 0.438 e. The highest BCUT2D eigenvalue weighted by molar-refractivity contribution is 6.33. The van der Waals surface area contributed by atoms with Crippen molar-refractivity contribution in [1.82, 2.24) is 5.32 Å². The fraction of sp³-hybridized carbons (Fsp3) is 0.238. The van der Waals surface area contributed by atoms with Crippen molar-refractivity contribution in [3.05, 3.63) is 69.4 Å². The Kier molecular flexibility index (Phi) is 5.85. The molecule has 1 fully saturated rings. The molecule has 1 aliphatic heterocycles. The number of hydrogen-bond acceptors (Lipinski definition) is 4. The van der Waals surface area contributed by atoms with Crippen molar-refractivity contribution in [2.45, 2.75) is 18.9 Å². The third-order valence-corrected chi connectivity index (χ3v) is 5.14. The first kappa shape index (κ1) is 19.9. The van der Waals surface area contributed by atoms with Crippen LogP contribution in [0, 0.1) is 5.82 Å². The van der Waals surface area contributed by atoms with Gasteiger partial charge in [0.05, 0.1) is 16.8 Å². The van der Waals surface area contributed by atoms with Gasteiger partial charge < -0.3 is 14.5 Å². The van der Waals surface area contributed by atoms with Crippen LogP contribution in [0.25, 0.3) is 11.0 Å². The maximum absolute atomic E-state index is 13.4. The Morgan fingerprint density at radius 3 is 2.83 bits per heavy atom. The average Bonchev–Trinajstić information content (AvgIpc) is 3.21. The van der Waals surface area contributed by atoms with E-state index in [4.69, 9.17) is 32.4 Å². The van der Waals surface area contributed by atoms with Crippen molar-refractivity contribution in [3.8, 4) is 0 Å². The molecule has 4 rings (SSSR count). The molecule has 5 nitrogen and oxygen atoms in total. The van der Waals surface area contributed by atoms with Crippen LogP contribution in [0.3, 0.4) is 0 Å². The first-order valence-corrected chi connectivity index (χ1v) is 9.88. The Labute approximate surface area is 176 Å². The van der Waals surface area contributed by atoms with E-state index in [9.17, 15) is 9.18 Å². The molecule has 2 aromatic carbocycles. The molecule has 1 saturated heterocycles. The predicted octanol–water partition coefficient (Wildman–Crippen LogP) is 5.02. The standard InChI is InChI=1S/C21H17Cl2FN2O3/c22-13-3-6-19-12(8-13)9-16(20(27)25-11-15-2-1-7-28-15)21(29-19)26-18-5-4-14(24)10-17(18)23/h3-6,8-10,15H,1-2,7,11H2,(H,25,27)/t15-/m0/s1. The Bertz CT molecular complexity index is 1140. The Morgan fingerprint density at radius 2 is 2.07 bits per heavy atom. The molecular weight excluding hydrogens is 418 g/mol. The van der Waals surface area contributed by atoms with Crippen LogP contribution >= 0.6 is 23.2 Å². The summed E-state index contributed by atoms with van der Waals surface area (Å²) in [6, 6.07) is 10.5. The van der Waals surface area contributed by atoms with Crippen LogP contribution in [0.4, 0.5) is 10.1 Å². The van der Waals surface area contributed by atoms with Crippen LogP contribution in [0.5, 0.6) is 0 Å². The van der Waals surface area contributed by atoms with Gasteiger partial charge in [-0.05, 0) is 55.3 Å². The minimum atomic E-state index is -0.478. The summed E-state index contributed by atoms with van der Waals surface area (Å²) in [6.45, 7) is 1.09. The summed E-state index contributed by atoms with van der Waals surface area (Å²) in [5, 5.41) is 4.15. The highest BCUT2D eigenvalue weighted by atomic mass is 35.5. The van der Waals surface area contributed by atoms with Gasteiger partial charge in [-0.2, -0.15) is 0 Å². The fourth-order valence-corrected chi connectivity index (χ4v) is 3.53. The van der Waals surface area contributed by atoms with E-state index < -0.39 is 5.82 Å². The molecule has 0 unspecified atom stereocenters. The molecule has 150 valence electrons. The molecule has 0 aliphatic carbocycles. The molecule has 1 amide bonds. The van der Waals surface area contributed by atoms with Crippen LogP contribution in [0.15, 0.2) is 51.9 Å². The van der Waals surface area contributed by atoms with E-state index in [-0.39, 0.29) is 28.2 Å². The van der Waals surface area contributed by atoms with Crippen LogP contribution in [0.1, 0.15) is 23.2 Å². The zero-order chi connectivity index (χ0) is 20.4. The topological polar surface area (TPSA) is 63.8 Å². The summed E-state index contributed by atoms with van der Waals surface area (Å²) in [5.74, 6) is -0.836. The van der Waals surface area contributed by atoms with Gasteiger partial charge in [0.25, 0.3) is 5.91 Å². The smallest absolute Gasteiger partial charge is 0.256 e. The molecule has 2 heterocycles. The van der Waals surface area contributed by atoms with E-state index in [0.717, 1.165) is 18.9 Å². The lowest BCUT2D eigenvalue weighted by Crippen LogP contribution is -2.34. The molecule has 0 saturated carbocycles. The SMILES string of the molecule is O=C(NC[C@@H]1CCCO1)c1cc2cc(Cl)ccc2oc1=Nc1ccc(F)cc1Cl. The molecule has 0 spiro atoms. The molecule has 0 radical (unpaired) electrons. The number of hydrogen-bond donors (Lipinski definition) is 1. The molecule has 29 heavy (non-hydrogen) atoms. The lowest BCUT2D eigenvalue weighted by atomic mass is 10.1. The number of benzene rings is 2. The van der Waals surface area contributed by atoms with Crippen molar-refractivity contribution in [2.75, 3.05) is 13.2 Å². The van der Waals surface area contributed by atoms with Crippen LogP contribution in [0.2, 0.25) is 10.0 Å². The maximum atomic E-state index is 13.4. The fourth-order valence-electron chi connectivity index (χ4n) is 3.14.